The molecule has 4 fully saturated rings. The van der Waals surface area contributed by atoms with Crippen molar-refractivity contribution in [3.05, 3.63) is 42.5 Å². The van der Waals surface area contributed by atoms with Gasteiger partial charge in [-0.25, -0.2) is 0 Å². The lowest BCUT2D eigenvalue weighted by Crippen LogP contribution is -2.32. The first-order valence-corrected chi connectivity index (χ1v) is 13.0. The summed E-state index contributed by atoms with van der Waals surface area (Å²) in [5.74, 6) is 1.17. The van der Waals surface area contributed by atoms with E-state index in [1.165, 1.54) is 0 Å². The van der Waals surface area contributed by atoms with Crippen molar-refractivity contribution in [3.63, 3.8) is 0 Å². The molecule has 1 aliphatic carbocycles. The molecule has 3 aliphatic heterocycles. The zero-order valence-electron chi connectivity index (χ0n) is 19.8. The summed E-state index contributed by atoms with van der Waals surface area (Å²) in [4.78, 5) is 0. The Bertz CT molecular complexity index is 760. The molecule has 34 heavy (non-hydrogen) atoms. The van der Waals surface area contributed by atoms with E-state index >= 15 is 0 Å². The zero-order chi connectivity index (χ0) is 23.2. The highest BCUT2D eigenvalue weighted by Gasteiger charge is 2.49. The van der Waals surface area contributed by atoms with Crippen LogP contribution in [0.2, 0.25) is 0 Å². The lowest BCUT2D eigenvalue weighted by molar-refractivity contribution is -0.196. The van der Waals surface area contributed by atoms with Gasteiger partial charge in [0.05, 0.1) is 12.2 Å². The molecule has 3 unspecified atom stereocenters. The predicted octanol–water partition coefficient (Wildman–Crippen LogP) is 4.19. The van der Waals surface area contributed by atoms with Gasteiger partial charge in [0.25, 0.3) is 0 Å². The molecule has 0 aromatic heterocycles. The van der Waals surface area contributed by atoms with E-state index in [0.717, 1.165) is 63.9 Å². The summed E-state index contributed by atoms with van der Waals surface area (Å²) in [7, 11) is 0. The standard InChI is InChI=1S/C27H38O7/c28-25-16-22-21(23(17-24(22)33-25)34-27-11-5-7-15-30-27)13-12-20(32-26-10-4-6-14-29-26)18-31-19-8-2-1-3-9-19/h1-3,8-9,12-13,20-28H,4-7,10-11,14-18H2/t20-,21-,22-,23-,24+,25?,26?,27?/m1/s1. The molecule has 1 aromatic rings. The number of hydrogen-bond acceptors (Lipinski definition) is 7. The monoisotopic (exact) mass is 474 g/mol. The van der Waals surface area contributed by atoms with E-state index in [-0.39, 0.29) is 42.7 Å². The number of rotatable bonds is 9. The summed E-state index contributed by atoms with van der Waals surface area (Å²) in [5, 5.41) is 10.1. The minimum Gasteiger partial charge on any atom is -0.491 e. The van der Waals surface area contributed by atoms with Crippen molar-refractivity contribution in [2.24, 2.45) is 11.8 Å². The summed E-state index contributed by atoms with van der Waals surface area (Å²) >= 11 is 0. The lowest BCUT2D eigenvalue weighted by atomic mass is 9.91. The first-order valence-electron chi connectivity index (χ1n) is 13.0. The molecule has 5 rings (SSSR count). The van der Waals surface area contributed by atoms with Crippen LogP contribution in [-0.2, 0) is 23.7 Å². The molecule has 3 heterocycles. The number of hydrogen-bond donors (Lipinski definition) is 1. The maximum atomic E-state index is 10.1. The molecule has 4 aliphatic rings. The van der Waals surface area contributed by atoms with Crippen molar-refractivity contribution in [1.29, 1.82) is 0 Å². The molecule has 1 N–H and O–H groups in total. The second-order valence-electron chi connectivity index (χ2n) is 9.79. The SMILES string of the molecule is OC1C[C@@H]2[C@@H](C=C[C@H](COc3ccccc3)OC3CCCCO3)[C@H](OC3CCCCO3)C[C@@H]2O1. The van der Waals surface area contributed by atoms with E-state index in [4.69, 9.17) is 28.4 Å². The minimum atomic E-state index is -0.693. The molecule has 7 nitrogen and oxygen atoms in total. The van der Waals surface area contributed by atoms with Crippen LogP contribution in [0.25, 0.3) is 0 Å². The van der Waals surface area contributed by atoms with Crippen molar-refractivity contribution in [2.75, 3.05) is 19.8 Å². The van der Waals surface area contributed by atoms with Crippen LogP contribution in [0.3, 0.4) is 0 Å². The molecular formula is C27H38O7. The van der Waals surface area contributed by atoms with Gasteiger partial charge in [-0.1, -0.05) is 30.4 Å². The molecule has 188 valence electrons. The number of para-hydroxylation sites is 1. The van der Waals surface area contributed by atoms with Crippen LogP contribution < -0.4 is 4.74 Å². The Morgan fingerprint density at radius 2 is 1.74 bits per heavy atom. The molecule has 0 radical (unpaired) electrons. The fourth-order valence-electron chi connectivity index (χ4n) is 5.57. The highest BCUT2D eigenvalue weighted by Crippen LogP contribution is 2.45. The van der Waals surface area contributed by atoms with Crippen molar-refractivity contribution < 1.29 is 33.5 Å². The van der Waals surface area contributed by atoms with Crippen LogP contribution in [0, 0.1) is 11.8 Å². The van der Waals surface area contributed by atoms with Crippen molar-refractivity contribution in [1.82, 2.24) is 0 Å². The number of fused-ring (bicyclic) bond motifs is 1. The zero-order valence-corrected chi connectivity index (χ0v) is 19.8. The number of benzene rings is 1. The predicted molar refractivity (Wildman–Crippen MR) is 125 cm³/mol. The fraction of sp³-hybridized carbons (Fsp3) is 0.704. The van der Waals surface area contributed by atoms with Gasteiger partial charge in [0.15, 0.2) is 18.9 Å². The third-order valence-electron chi connectivity index (χ3n) is 7.31. The smallest absolute Gasteiger partial charge is 0.158 e. The minimum absolute atomic E-state index is 0.00322. The van der Waals surface area contributed by atoms with Gasteiger partial charge in [0.2, 0.25) is 0 Å². The molecule has 0 amide bonds. The molecule has 8 atom stereocenters. The highest BCUT2D eigenvalue weighted by atomic mass is 16.7. The third kappa shape index (κ3) is 6.39. The average molecular weight is 475 g/mol. The van der Waals surface area contributed by atoms with E-state index in [2.05, 4.69) is 12.2 Å². The van der Waals surface area contributed by atoms with Gasteiger partial charge in [-0.2, -0.15) is 0 Å². The molecule has 0 bridgehead atoms. The van der Waals surface area contributed by atoms with Crippen LogP contribution >= 0.6 is 0 Å². The van der Waals surface area contributed by atoms with Crippen LogP contribution in [0.1, 0.15) is 51.4 Å². The maximum absolute atomic E-state index is 10.1. The third-order valence-corrected chi connectivity index (χ3v) is 7.31. The van der Waals surface area contributed by atoms with Crippen LogP contribution in [0.4, 0.5) is 0 Å². The summed E-state index contributed by atoms with van der Waals surface area (Å²) in [6.07, 6.45) is 10.7. The Hall–Kier alpha value is -1.48. The largest absolute Gasteiger partial charge is 0.491 e. The topological polar surface area (TPSA) is 75.6 Å². The quantitative estimate of drug-likeness (QED) is 0.538. The maximum Gasteiger partial charge on any atom is 0.158 e. The van der Waals surface area contributed by atoms with Gasteiger partial charge >= 0.3 is 0 Å². The van der Waals surface area contributed by atoms with E-state index in [1.807, 2.05) is 30.3 Å². The first kappa shape index (κ1) is 24.2. The molecule has 0 spiro atoms. The Kier molecular flexibility index (Phi) is 8.53. The molecule has 3 saturated heterocycles. The number of ether oxygens (including phenoxy) is 6. The summed E-state index contributed by atoms with van der Waals surface area (Å²) in [5.41, 5.74) is 0. The Morgan fingerprint density at radius 3 is 2.47 bits per heavy atom. The van der Waals surface area contributed by atoms with Crippen LogP contribution in [0.15, 0.2) is 42.5 Å². The van der Waals surface area contributed by atoms with Crippen LogP contribution in [0.5, 0.6) is 5.75 Å². The van der Waals surface area contributed by atoms with E-state index in [0.29, 0.717) is 13.0 Å². The normalized spacial score (nSPS) is 37.0. The van der Waals surface area contributed by atoms with Gasteiger partial charge in [-0.3, -0.25) is 0 Å². The Morgan fingerprint density at radius 1 is 0.971 bits per heavy atom. The second-order valence-corrected chi connectivity index (χ2v) is 9.79. The second kappa shape index (κ2) is 12.0. The van der Waals surface area contributed by atoms with Gasteiger partial charge in [0.1, 0.15) is 18.5 Å². The van der Waals surface area contributed by atoms with E-state index in [9.17, 15) is 5.11 Å². The van der Waals surface area contributed by atoms with Gasteiger partial charge in [-0.05, 0) is 56.6 Å². The Balaban J connectivity index is 1.27. The average Bonchev–Trinajstić information content (AvgIpc) is 3.38. The van der Waals surface area contributed by atoms with E-state index < -0.39 is 6.29 Å². The van der Waals surface area contributed by atoms with Gasteiger partial charge in [-0.15, -0.1) is 0 Å². The Labute approximate surface area is 202 Å². The number of aliphatic hydroxyl groups is 1. The number of aliphatic hydroxyl groups excluding tert-OH is 1. The fourth-order valence-corrected chi connectivity index (χ4v) is 5.57. The molecule has 1 saturated carbocycles. The summed E-state index contributed by atoms with van der Waals surface area (Å²) in [6, 6.07) is 9.80. The van der Waals surface area contributed by atoms with Crippen molar-refractivity contribution in [3.8, 4) is 5.75 Å². The van der Waals surface area contributed by atoms with Crippen LogP contribution in [-0.4, -0.2) is 62.1 Å². The van der Waals surface area contributed by atoms with E-state index in [1.54, 1.807) is 0 Å². The molecule has 1 aromatic carbocycles. The first-order chi connectivity index (χ1) is 16.7. The van der Waals surface area contributed by atoms with Crippen molar-refractivity contribution >= 4 is 0 Å². The van der Waals surface area contributed by atoms with Gasteiger partial charge in [0, 0.05) is 32.0 Å². The van der Waals surface area contributed by atoms with Crippen molar-refractivity contribution in [2.45, 2.75) is 88.5 Å². The van der Waals surface area contributed by atoms with Gasteiger partial charge < -0.3 is 33.5 Å². The lowest BCUT2D eigenvalue weighted by Gasteiger charge is -2.30. The summed E-state index contributed by atoms with van der Waals surface area (Å²) in [6.45, 7) is 1.89. The highest BCUT2D eigenvalue weighted by molar-refractivity contribution is 5.21. The molecular weight excluding hydrogens is 436 g/mol. The summed E-state index contributed by atoms with van der Waals surface area (Å²) < 4.78 is 36.2. The molecule has 7 heteroatoms.